The summed E-state index contributed by atoms with van der Waals surface area (Å²) in [5.74, 6) is -2.04. The van der Waals surface area contributed by atoms with E-state index in [0.717, 1.165) is 5.56 Å². The Morgan fingerprint density at radius 3 is 2.33 bits per heavy atom. The van der Waals surface area contributed by atoms with Crippen molar-refractivity contribution in [2.75, 3.05) is 4.90 Å². The van der Waals surface area contributed by atoms with Crippen molar-refractivity contribution in [1.82, 2.24) is 4.98 Å². The number of nitrogens with zero attached hydrogens (tertiary/aromatic N) is 2. The second kappa shape index (κ2) is 7.84. The number of carbonyl (C=O) groups excluding carboxylic acids is 2. The maximum atomic E-state index is 13.3. The SMILES string of the molecule is CC(C)c1ccc(C2C(=C(O)c3ccc(F)cc3)C(=O)C(=O)N2c2nccs2)cc1. The lowest BCUT2D eigenvalue weighted by atomic mass is 9.93. The molecule has 0 aliphatic carbocycles. The Balaban J connectivity index is 1.90. The fourth-order valence-corrected chi connectivity index (χ4v) is 4.17. The van der Waals surface area contributed by atoms with E-state index in [2.05, 4.69) is 18.8 Å². The molecule has 1 aliphatic rings. The van der Waals surface area contributed by atoms with Gasteiger partial charge in [-0.3, -0.25) is 14.5 Å². The third-order valence-electron chi connectivity index (χ3n) is 5.11. The van der Waals surface area contributed by atoms with Crippen molar-refractivity contribution in [3.63, 3.8) is 0 Å². The summed E-state index contributed by atoms with van der Waals surface area (Å²) in [5, 5.41) is 13.0. The van der Waals surface area contributed by atoms with Gasteiger partial charge in [-0.2, -0.15) is 0 Å². The van der Waals surface area contributed by atoms with Gasteiger partial charge in [-0.15, -0.1) is 11.3 Å². The van der Waals surface area contributed by atoms with E-state index in [1.807, 2.05) is 24.3 Å². The molecule has 30 heavy (non-hydrogen) atoms. The molecule has 2 aromatic carbocycles. The minimum atomic E-state index is -0.831. The van der Waals surface area contributed by atoms with E-state index in [0.29, 0.717) is 16.6 Å². The molecule has 0 radical (unpaired) electrons. The van der Waals surface area contributed by atoms with Gasteiger partial charge >= 0.3 is 5.91 Å². The monoisotopic (exact) mass is 422 g/mol. The molecule has 4 rings (SSSR count). The van der Waals surface area contributed by atoms with E-state index in [9.17, 15) is 19.1 Å². The highest BCUT2D eigenvalue weighted by Crippen LogP contribution is 2.42. The molecule has 1 aromatic heterocycles. The minimum Gasteiger partial charge on any atom is -0.507 e. The number of rotatable bonds is 4. The highest BCUT2D eigenvalue weighted by Gasteiger charge is 2.47. The van der Waals surface area contributed by atoms with Crippen molar-refractivity contribution in [2.24, 2.45) is 0 Å². The predicted octanol–water partition coefficient (Wildman–Crippen LogP) is 5.03. The number of hydrogen-bond acceptors (Lipinski definition) is 5. The zero-order valence-corrected chi connectivity index (χ0v) is 17.2. The quantitative estimate of drug-likeness (QED) is 0.364. The molecule has 2 heterocycles. The molecule has 1 fully saturated rings. The summed E-state index contributed by atoms with van der Waals surface area (Å²) in [4.78, 5) is 31.4. The lowest BCUT2D eigenvalue weighted by Gasteiger charge is -2.23. The van der Waals surface area contributed by atoms with E-state index in [1.54, 1.807) is 11.6 Å². The molecule has 0 spiro atoms. The molecule has 1 amide bonds. The summed E-state index contributed by atoms with van der Waals surface area (Å²) < 4.78 is 13.3. The number of benzene rings is 2. The molecule has 1 aliphatic heterocycles. The lowest BCUT2D eigenvalue weighted by Crippen LogP contribution is -2.29. The van der Waals surface area contributed by atoms with Crippen LogP contribution in [0, 0.1) is 5.82 Å². The normalized spacial score (nSPS) is 18.4. The molecular weight excluding hydrogens is 403 g/mol. The maximum Gasteiger partial charge on any atom is 0.301 e. The van der Waals surface area contributed by atoms with Crippen LogP contribution in [0.2, 0.25) is 0 Å². The Kier molecular flexibility index (Phi) is 5.22. The maximum absolute atomic E-state index is 13.3. The van der Waals surface area contributed by atoms with E-state index in [1.165, 1.54) is 40.5 Å². The number of aliphatic hydroxyl groups excluding tert-OH is 1. The zero-order chi connectivity index (χ0) is 21.4. The summed E-state index contributed by atoms with van der Waals surface area (Å²) in [6, 6.07) is 11.9. The second-order valence-corrected chi connectivity index (χ2v) is 8.19. The molecule has 7 heteroatoms. The average Bonchev–Trinajstić information content (AvgIpc) is 3.35. The van der Waals surface area contributed by atoms with Gasteiger partial charge in [0.05, 0.1) is 11.6 Å². The lowest BCUT2D eigenvalue weighted by molar-refractivity contribution is -0.132. The molecule has 0 saturated carbocycles. The molecule has 0 bridgehead atoms. The summed E-state index contributed by atoms with van der Waals surface area (Å²) in [7, 11) is 0. The number of Topliss-reactive ketones (excluding diaryl/α,β-unsaturated/α-hetero) is 1. The van der Waals surface area contributed by atoms with Crippen LogP contribution in [0.25, 0.3) is 5.76 Å². The van der Waals surface area contributed by atoms with Gasteiger partial charge < -0.3 is 5.11 Å². The van der Waals surface area contributed by atoms with Crippen LogP contribution in [-0.2, 0) is 9.59 Å². The fourth-order valence-electron chi connectivity index (χ4n) is 3.51. The minimum absolute atomic E-state index is 0.0425. The van der Waals surface area contributed by atoms with Crippen molar-refractivity contribution >= 4 is 33.9 Å². The Morgan fingerprint density at radius 2 is 1.77 bits per heavy atom. The predicted molar refractivity (Wildman–Crippen MR) is 114 cm³/mol. The largest absolute Gasteiger partial charge is 0.507 e. The highest BCUT2D eigenvalue weighted by atomic mass is 32.1. The number of aromatic nitrogens is 1. The first-order chi connectivity index (χ1) is 14.4. The van der Waals surface area contributed by atoms with Crippen LogP contribution in [0.1, 0.15) is 42.5 Å². The number of ketones is 1. The molecule has 5 nitrogen and oxygen atoms in total. The first-order valence-electron chi connectivity index (χ1n) is 9.44. The van der Waals surface area contributed by atoms with E-state index in [4.69, 9.17) is 0 Å². The van der Waals surface area contributed by atoms with Gasteiger partial charge in [-0.25, -0.2) is 9.37 Å². The molecule has 1 atom stereocenters. The molecule has 1 saturated heterocycles. The smallest absolute Gasteiger partial charge is 0.301 e. The molecule has 152 valence electrons. The summed E-state index contributed by atoms with van der Waals surface area (Å²) in [6.07, 6.45) is 1.55. The van der Waals surface area contributed by atoms with Crippen LogP contribution in [0.4, 0.5) is 9.52 Å². The van der Waals surface area contributed by atoms with Crippen LogP contribution < -0.4 is 4.90 Å². The van der Waals surface area contributed by atoms with Crippen molar-refractivity contribution in [3.05, 3.63) is 88.2 Å². The molecule has 3 aromatic rings. The summed E-state index contributed by atoms with van der Waals surface area (Å²) in [5.41, 5.74) is 2.01. The van der Waals surface area contributed by atoms with E-state index < -0.39 is 23.5 Å². The van der Waals surface area contributed by atoms with Gasteiger partial charge in [0.1, 0.15) is 11.6 Å². The second-order valence-electron chi connectivity index (χ2n) is 7.31. The van der Waals surface area contributed by atoms with Crippen molar-refractivity contribution in [2.45, 2.75) is 25.8 Å². The van der Waals surface area contributed by atoms with Gasteiger partial charge in [0.15, 0.2) is 5.13 Å². The van der Waals surface area contributed by atoms with Gasteiger partial charge in [0.25, 0.3) is 5.78 Å². The molecular formula is C23H19FN2O3S. The zero-order valence-electron chi connectivity index (χ0n) is 16.4. The Labute approximate surface area is 177 Å². The summed E-state index contributed by atoms with van der Waals surface area (Å²) in [6.45, 7) is 4.15. The first kappa shape index (κ1) is 20.0. The topological polar surface area (TPSA) is 70.5 Å². The van der Waals surface area contributed by atoms with Crippen molar-refractivity contribution in [1.29, 1.82) is 0 Å². The Bertz CT molecular complexity index is 1120. The third-order valence-corrected chi connectivity index (χ3v) is 5.88. The van der Waals surface area contributed by atoms with Gasteiger partial charge in [0.2, 0.25) is 0 Å². The van der Waals surface area contributed by atoms with Crippen LogP contribution >= 0.6 is 11.3 Å². The standard InChI is InChI=1S/C23H19FN2O3S/c1-13(2)14-3-5-15(6-4-14)19-18(20(27)16-7-9-17(24)10-8-16)21(28)22(29)26(19)23-25-11-12-30-23/h3-13,19,27H,1-2H3. The number of anilines is 1. The van der Waals surface area contributed by atoms with Gasteiger partial charge in [-0.05, 0) is 41.3 Å². The Hall–Kier alpha value is -3.32. The number of amides is 1. The van der Waals surface area contributed by atoms with Crippen LogP contribution in [-0.4, -0.2) is 21.8 Å². The number of hydrogen-bond donors (Lipinski definition) is 1. The number of thiazole rings is 1. The average molecular weight is 422 g/mol. The Morgan fingerprint density at radius 1 is 1.10 bits per heavy atom. The summed E-state index contributed by atoms with van der Waals surface area (Å²) >= 11 is 1.23. The highest BCUT2D eigenvalue weighted by molar-refractivity contribution is 7.14. The van der Waals surface area contributed by atoms with E-state index >= 15 is 0 Å². The molecule has 1 unspecified atom stereocenters. The van der Waals surface area contributed by atoms with Crippen molar-refractivity contribution in [3.8, 4) is 0 Å². The fraction of sp³-hybridized carbons (Fsp3) is 0.174. The number of aliphatic hydroxyl groups is 1. The first-order valence-corrected chi connectivity index (χ1v) is 10.3. The van der Waals surface area contributed by atoms with Gasteiger partial charge in [-0.1, -0.05) is 38.1 Å². The number of carbonyl (C=O) groups is 2. The van der Waals surface area contributed by atoms with Crippen molar-refractivity contribution < 1.29 is 19.1 Å². The third kappa shape index (κ3) is 3.41. The van der Waals surface area contributed by atoms with Gasteiger partial charge in [0, 0.05) is 17.1 Å². The van der Waals surface area contributed by atoms with Crippen LogP contribution in [0.5, 0.6) is 0 Å². The number of halogens is 1. The van der Waals surface area contributed by atoms with E-state index in [-0.39, 0.29) is 16.9 Å². The molecule has 1 N–H and O–H groups in total. The van der Waals surface area contributed by atoms with Crippen LogP contribution in [0.3, 0.4) is 0 Å². The van der Waals surface area contributed by atoms with Crippen LogP contribution in [0.15, 0.2) is 65.7 Å².